The Bertz CT molecular complexity index is 1060. The van der Waals surface area contributed by atoms with Gasteiger partial charge in [-0.2, -0.15) is 13.2 Å². The van der Waals surface area contributed by atoms with Gasteiger partial charge in [0.25, 0.3) is 0 Å². The molecule has 2 N–H and O–H groups in total. The van der Waals surface area contributed by atoms with Crippen LogP contribution in [-0.4, -0.2) is 21.1 Å². The van der Waals surface area contributed by atoms with Crippen molar-refractivity contribution in [2.45, 2.75) is 37.3 Å². The molecule has 5 nitrogen and oxygen atoms in total. The maximum absolute atomic E-state index is 13.3. The van der Waals surface area contributed by atoms with Crippen LogP contribution < -0.4 is 10.0 Å². The van der Waals surface area contributed by atoms with E-state index in [-0.39, 0.29) is 18.5 Å². The van der Waals surface area contributed by atoms with Crippen LogP contribution in [0.3, 0.4) is 0 Å². The summed E-state index contributed by atoms with van der Waals surface area (Å²) in [5.41, 5.74) is 1.33. The number of anilines is 1. The molecule has 4 rings (SSSR count). The number of ether oxygens (including phenoxy) is 1. The average molecular weight is 452 g/mol. The number of nitrogens with one attached hydrogen (secondary N) is 2. The molecule has 2 aliphatic rings. The van der Waals surface area contributed by atoms with Crippen molar-refractivity contribution < 1.29 is 26.3 Å². The normalized spacial score (nSPS) is 25.8. The Morgan fingerprint density at radius 1 is 1.16 bits per heavy atom. The molecule has 0 radical (unpaired) electrons. The Balaban J connectivity index is 1.68. The van der Waals surface area contributed by atoms with Crippen molar-refractivity contribution in [1.29, 1.82) is 0 Å². The van der Waals surface area contributed by atoms with Crippen LogP contribution >= 0.6 is 0 Å². The first-order valence-electron chi connectivity index (χ1n) is 9.98. The molecule has 0 spiro atoms. The number of alkyl halides is 3. The zero-order chi connectivity index (χ0) is 22.2. The zero-order valence-corrected chi connectivity index (χ0v) is 17.4. The highest BCUT2D eigenvalue weighted by Crippen LogP contribution is 2.51. The molecule has 9 heteroatoms. The van der Waals surface area contributed by atoms with E-state index >= 15 is 0 Å². The second-order valence-electron chi connectivity index (χ2n) is 7.81. The van der Waals surface area contributed by atoms with Gasteiger partial charge in [0.2, 0.25) is 10.0 Å². The molecule has 2 heterocycles. The molecule has 2 aliphatic heterocycles. The SMILES string of the molecule is C=CS(=O)(=O)NCC1CCC2C(c3ccccc3)Nc3ccc(C(F)(F)F)cc3C2O1. The largest absolute Gasteiger partial charge is 0.416 e. The Kier molecular flexibility index (Phi) is 5.85. The first-order chi connectivity index (χ1) is 14.7. The Labute approximate surface area is 179 Å². The Hall–Kier alpha value is -2.36. The number of hydrogen-bond donors (Lipinski definition) is 2. The van der Waals surface area contributed by atoms with E-state index in [4.69, 9.17) is 4.74 Å². The van der Waals surface area contributed by atoms with Crippen molar-refractivity contribution in [1.82, 2.24) is 4.72 Å². The van der Waals surface area contributed by atoms with Crippen molar-refractivity contribution in [3.8, 4) is 0 Å². The third kappa shape index (κ3) is 4.63. The number of fused-ring (bicyclic) bond motifs is 3. The van der Waals surface area contributed by atoms with E-state index in [0.717, 1.165) is 23.1 Å². The fourth-order valence-electron chi connectivity index (χ4n) is 4.34. The highest BCUT2D eigenvalue weighted by atomic mass is 32.2. The van der Waals surface area contributed by atoms with Crippen molar-refractivity contribution in [3.05, 3.63) is 77.2 Å². The van der Waals surface area contributed by atoms with Gasteiger partial charge in [-0.05, 0) is 36.6 Å². The third-order valence-corrected chi connectivity index (χ3v) is 6.87. The Morgan fingerprint density at radius 2 is 1.90 bits per heavy atom. The molecule has 1 saturated heterocycles. The minimum atomic E-state index is -4.46. The molecule has 166 valence electrons. The number of sulfonamides is 1. The quantitative estimate of drug-likeness (QED) is 0.686. The van der Waals surface area contributed by atoms with E-state index in [2.05, 4.69) is 16.6 Å². The van der Waals surface area contributed by atoms with Crippen molar-refractivity contribution in [2.75, 3.05) is 11.9 Å². The van der Waals surface area contributed by atoms with E-state index in [1.165, 1.54) is 6.07 Å². The van der Waals surface area contributed by atoms with Gasteiger partial charge in [0.1, 0.15) is 0 Å². The molecule has 4 unspecified atom stereocenters. The molecule has 0 bridgehead atoms. The predicted molar refractivity (Wildman–Crippen MR) is 112 cm³/mol. The topological polar surface area (TPSA) is 67.4 Å². The molecule has 31 heavy (non-hydrogen) atoms. The van der Waals surface area contributed by atoms with E-state index in [1.54, 1.807) is 0 Å². The lowest BCUT2D eigenvalue weighted by Gasteiger charge is -2.46. The van der Waals surface area contributed by atoms with Gasteiger partial charge in [-0.15, -0.1) is 0 Å². The summed E-state index contributed by atoms with van der Waals surface area (Å²) in [6.45, 7) is 3.30. The highest BCUT2D eigenvalue weighted by Gasteiger charge is 2.43. The van der Waals surface area contributed by atoms with Crippen LogP contribution in [0.4, 0.5) is 18.9 Å². The molecular formula is C22H23F3N2O3S. The summed E-state index contributed by atoms with van der Waals surface area (Å²) in [6, 6.07) is 13.2. The van der Waals surface area contributed by atoms with E-state index in [1.807, 2.05) is 30.3 Å². The molecular weight excluding hydrogens is 429 g/mol. The number of halogens is 3. The summed E-state index contributed by atoms with van der Waals surface area (Å²) in [5, 5.41) is 4.22. The molecule has 0 amide bonds. The van der Waals surface area contributed by atoms with Gasteiger partial charge in [-0.1, -0.05) is 36.9 Å². The number of hydrogen-bond acceptors (Lipinski definition) is 4. The highest BCUT2D eigenvalue weighted by molar-refractivity contribution is 7.92. The summed E-state index contributed by atoms with van der Waals surface area (Å²) >= 11 is 0. The second-order valence-corrected chi connectivity index (χ2v) is 9.52. The van der Waals surface area contributed by atoms with Crippen LogP contribution in [-0.2, 0) is 20.9 Å². The standard InChI is InChI=1S/C22H23F3N2O3S/c1-2-31(28,29)26-13-16-9-10-17-20(14-6-4-3-5-7-14)27-19-11-8-15(22(23,24)25)12-18(19)21(17)30-16/h2-8,11-12,16-17,20-21,26-27H,1,9-10,13H2. The molecule has 2 aromatic carbocycles. The maximum atomic E-state index is 13.3. The van der Waals surface area contributed by atoms with Gasteiger partial charge in [0.05, 0.1) is 23.8 Å². The van der Waals surface area contributed by atoms with Crippen LogP contribution in [0, 0.1) is 5.92 Å². The predicted octanol–water partition coefficient (Wildman–Crippen LogP) is 4.77. The summed E-state index contributed by atoms with van der Waals surface area (Å²) in [4.78, 5) is 0. The summed E-state index contributed by atoms with van der Waals surface area (Å²) in [6.07, 6.45) is -4.24. The number of benzene rings is 2. The molecule has 0 aromatic heterocycles. The smallest absolute Gasteiger partial charge is 0.378 e. The zero-order valence-electron chi connectivity index (χ0n) is 16.6. The van der Waals surface area contributed by atoms with Crippen molar-refractivity contribution >= 4 is 15.7 Å². The minimum absolute atomic E-state index is 0.0370. The fourth-order valence-corrected chi connectivity index (χ4v) is 4.88. The van der Waals surface area contributed by atoms with E-state index in [9.17, 15) is 21.6 Å². The van der Waals surface area contributed by atoms with Crippen molar-refractivity contribution in [2.24, 2.45) is 5.92 Å². The van der Waals surface area contributed by atoms with Gasteiger partial charge >= 0.3 is 6.18 Å². The van der Waals surface area contributed by atoms with Gasteiger partial charge in [0.15, 0.2) is 0 Å². The van der Waals surface area contributed by atoms with Crippen LogP contribution in [0.2, 0.25) is 0 Å². The van der Waals surface area contributed by atoms with Gasteiger partial charge in [-0.25, -0.2) is 13.1 Å². The molecule has 1 fully saturated rings. The molecule has 4 atom stereocenters. The van der Waals surface area contributed by atoms with Crippen LogP contribution in [0.15, 0.2) is 60.5 Å². The van der Waals surface area contributed by atoms with Crippen LogP contribution in [0.25, 0.3) is 0 Å². The lowest BCUT2D eigenvalue weighted by atomic mass is 9.76. The van der Waals surface area contributed by atoms with Gasteiger partial charge < -0.3 is 10.1 Å². The summed E-state index contributed by atoms with van der Waals surface area (Å²) < 4.78 is 72.0. The molecule has 0 saturated carbocycles. The monoisotopic (exact) mass is 452 g/mol. The van der Waals surface area contributed by atoms with Crippen LogP contribution in [0.1, 0.15) is 41.7 Å². The second kappa shape index (κ2) is 8.29. The molecule has 0 aliphatic carbocycles. The molecule has 2 aromatic rings. The van der Waals surface area contributed by atoms with E-state index in [0.29, 0.717) is 24.1 Å². The average Bonchev–Trinajstić information content (AvgIpc) is 2.76. The first kappa shape index (κ1) is 21.9. The summed E-state index contributed by atoms with van der Waals surface area (Å²) in [7, 11) is -3.62. The maximum Gasteiger partial charge on any atom is 0.416 e. The summed E-state index contributed by atoms with van der Waals surface area (Å²) in [5.74, 6) is -0.0920. The lowest BCUT2D eigenvalue weighted by Crippen LogP contribution is -2.42. The minimum Gasteiger partial charge on any atom is -0.378 e. The first-order valence-corrected chi connectivity index (χ1v) is 11.5. The van der Waals surface area contributed by atoms with Gasteiger partial charge in [0, 0.05) is 29.1 Å². The Morgan fingerprint density at radius 3 is 2.58 bits per heavy atom. The van der Waals surface area contributed by atoms with Gasteiger partial charge in [-0.3, -0.25) is 0 Å². The van der Waals surface area contributed by atoms with Crippen molar-refractivity contribution in [3.63, 3.8) is 0 Å². The lowest BCUT2D eigenvalue weighted by molar-refractivity contribution is -0.138. The third-order valence-electron chi connectivity index (χ3n) is 5.86. The van der Waals surface area contributed by atoms with E-state index < -0.39 is 34.0 Å². The fraction of sp³-hybridized carbons (Fsp3) is 0.364. The number of rotatable bonds is 5. The van der Waals surface area contributed by atoms with Crippen LogP contribution in [0.5, 0.6) is 0 Å².